The number of hydrogen-bond acceptors (Lipinski definition) is 6. The van der Waals surface area contributed by atoms with Gasteiger partial charge in [0.2, 0.25) is 0 Å². The Morgan fingerprint density at radius 2 is 1.81 bits per heavy atom. The van der Waals surface area contributed by atoms with Crippen molar-refractivity contribution in [2.45, 2.75) is 41.2 Å². The second-order valence-corrected chi connectivity index (χ2v) is 10.2. The first-order chi connectivity index (χ1) is 18.1. The van der Waals surface area contributed by atoms with Gasteiger partial charge in [-0.15, -0.1) is 0 Å². The third-order valence-electron chi connectivity index (χ3n) is 5.72. The predicted molar refractivity (Wildman–Crippen MR) is 145 cm³/mol. The van der Waals surface area contributed by atoms with Crippen molar-refractivity contribution in [1.29, 1.82) is 0 Å². The molecule has 0 spiro atoms. The number of rotatable bonds is 6. The Balaban J connectivity index is 1.83. The number of nitrogens with zero attached hydrogens (tertiary/aromatic N) is 4. The fraction of sp³-hybridized carbons (Fsp3) is 0.333. The lowest BCUT2D eigenvalue weighted by molar-refractivity contribution is 0.0963. The minimum atomic E-state index is -2.69. The maximum Gasteiger partial charge on any atom is 0.262 e. The summed E-state index contributed by atoms with van der Waals surface area (Å²) in [5.41, 5.74) is 3.16. The molecule has 4 rings (SSSR count). The fourth-order valence-electron chi connectivity index (χ4n) is 4.23. The molecule has 3 N–H and O–H groups in total. The van der Waals surface area contributed by atoms with Crippen molar-refractivity contribution in [3.8, 4) is 0 Å². The van der Waals surface area contributed by atoms with E-state index in [9.17, 15) is 9.59 Å². The highest BCUT2D eigenvalue weighted by Crippen LogP contribution is 2.31. The topological polar surface area (TPSA) is 106 Å². The van der Waals surface area contributed by atoms with Gasteiger partial charge in [0, 0.05) is 55.5 Å². The largest absolute Gasteiger partial charge is 0.355 e. The Morgan fingerprint density at radius 3 is 2.47 bits per heavy atom. The van der Waals surface area contributed by atoms with Crippen LogP contribution in [0.1, 0.15) is 46.4 Å². The molecule has 4 aromatic heterocycles. The molecule has 0 atom stereocenters. The predicted octanol–water partition coefficient (Wildman–Crippen LogP) is 4.64. The van der Waals surface area contributed by atoms with Crippen LogP contribution in [-0.2, 0) is 13.6 Å². The van der Waals surface area contributed by atoms with Crippen molar-refractivity contribution in [3.63, 3.8) is 0 Å². The molecule has 9 heteroatoms. The molecule has 0 aliphatic rings. The Morgan fingerprint density at radius 1 is 1.06 bits per heavy atom. The molecule has 0 unspecified atom stereocenters. The van der Waals surface area contributed by atoms with E-state index in [0.29, 0.717) is 29.3 Å². The van der Waals surface area contributed by atoms with Crippen molar-refractivity contribution in [2.24, 2.45) is 12.5 Å². The van der Waals surface area contributed by atoms with Crippen LogP contribution in [0, 0.1) is 19.3 Å². The highest BCUT2D eigenvalue weighted by Gasteiger charge is 2.20. The number of aryl methyl sites for hydroxylation is 3. The number of anilines is 4. The number of fused-ring (bicyclic) bond motifs is 1. The van der Waals surface area contributed by atoms with Crippen LogP contribution in [0.25, 0.3) is 10.9 Å². The number of aromatic nitrogens is 4. The molecule has 4 aromatic rings. The zero-order valence-corrected chi connectivity index (χ0v) is 21.4. The van der Waals surface area contributed by atoms with Crippen LogP contribution < -0.4 is 21.5 Å². The molecule has 0 aliphatic heterocycles. The molecule has 0 bridgehead atoms. The first-order valence-electron chi connectivity index (χ1n) is 13.1. The third kappa shape index (κ3) is 5.10. The van der Waals surface area contributed by atoms with Gasteiger partial charge in [-0.1, -0.05) is 26.8 Å². The molecule has 36 heavy (non-hydrogen) atoms. The lowest BCUT2D eigenvalue weighted by atomic mass is 9.96. The van der Waals surface area contributed by atoms with Crippen molar-refractivity contribution >= 4 is 39.8 Å². The second kappa shape index (κ2) is 9.49. The van der Waals surface area contributed by atoms with Crippen molar-refractivity contribution in [1.82, 2.24) is 24.4 Å². The molecule has 188 valence electrons. The van der Waals surface area contributed by atoms with E-state index in [0.717, 1.165) is 16.6 Å². The van der Waals surface area contributed by atoms with Gasteiger partial charge in [-0.25, -0.2) is 9.97 Å². The molecule has 0 saturated heterocycles. The first-order valence-corrected chi connectivity index (χ1v) is 11.6. The highest BCUT2D eigenvalue weighted by molar-refractivity contribution is 6.02. The summed E-state index contributed by atoms with van der Waals surface area (Å²) < 4.78 is 25.9. The Kier molecular flexibility index (Phi) is 5.58. The van der Waals surface area contributed by atoms with E-state index in [1.807, 2.05) is 43.0 Å². The Hall–Kier alpha value is -4.14. The molecule has 0 fully saturated rings. The van der Waals surface area contributed by atoms with E-state index < -0.39 is 12.9 Å². The number of nitrogens with one attached hydrogen (secondary N) is 3. The van der Waals surface area contributed by atoms with Gasteiger partial charge in [0.15, 0.2) is 0 Å². The standard InChI is InChI=1S/C27H33N7O2/c1-16-8-9-21(29-11-16)32-22-10-19(18(12-30-22)25(35)28-6)31-20-14-33(7)24-17(2)13-34(15-27(3,4)5)26(36)23(20)24/h8-14H,15H2,1-7H3,(H,28,35)(H2,29,30,31,32)/i6D3. The van der Waals surface area contributed by atoms with Gasteiger partial charge in [-0.3, -0.25) is 9.59 Å². The summed E-state index contributed by atoms with van der Waals surface area (Å²) in [5, 5.41) is 8.79. The number of pyridine rings is 3. The summed E-state index contributed by atoms with van der Waals surface area (Å²) in [6.07, 6.45) is 6.63. The second-order valence-electron chi connectivity index (χ2n) is 10.2. The monoisotopic (exact) mass is 490 g/mol. The smallest absolute Gasteiger partial charge is 0.262 e. The van der Waals surface area contributed by atoms with Gasteiger partial charge < -0.3 is 25.1 Å². The van der Waals surface area contributed by atoms with Crippen molar-refractivity contribution in [3.05, 3.63) is 70.0 Å². The molecule has 0 aliphatic carbocycles. The van der Waals surface area contributed by atoms with Gasteiger partial charge >= 0.3 is 0 Å². The maximum atomic E-state index is 13.6. The van der Waals surface area contributed by atoms with Crippen LogP contribution >= 0.6 is 0 Å². The zero-order chi connectivity index (χ0) is 28.7. The SMILES string of the molecule is [2H]C([2H])([2H])NC(=O)c1cnc(Nc2ccc(C)cn2)cc1Nc1cn(C)c2c(C)cn(CC(C)(C)C)c(=O)c12. The normalized spacial score (nSPS) is 13.1. The van der Waals surface area contributed by atoms with Gasteiger partial charge in [0.05, 0.1) is 27.8 Å². The zero-order valence-electron chi connectivity index (χ0n) is 24.4. The lowest BCUT2D eigenvalue weighted by Crippen LogP contribution is -2.27. The van der Waals surface area contributed by atoms with Gasteiger partial charge in [-0.2, -0.15) is 0 Å². The van der Waals surface area contributed by atoms with Crippen LogP contribution in [0.15, 0.2) is 47.8 Å². The summed E-state index contributed by atoms with van der Waals surface area (Å²) in [5.74, 6) is 0.0945. The van der Waals surface area contributed by atoms with Crippen molar-refractivity contribution < 1.29 is 8.91 Å². The van der Waals surface area contributed by atoms with Crippen LogP contribution in [0.4, 0.5) is 23.0 Å². The molecule has 9 nitrogen and oxygen atoms in total. The molecule has 4 heterocycles. The Labute approximate surface area is 214 Å². The molecule has 0 aromatic carbocycles. The average Bonchev–Trinajstić information content (AvgIpc) is 3.13. The number of carbonyl (C=O) groups excluding carboxylic acids is 1. The molecule has 1 amide bonds. The van der Waals surface area contributed by atoms with E-state index in [2.05, 4.69) is 41.4 Å². The lowest BCUT2D eigenvalue weighted by Gasteiger charge is -2.20. The summed E-state index contributed by atoms with van der Waals surface area (Å²) in [6.45, 7) is 7.90. The number of amides is 1. The van der Waals surface area contributed by atoms with Crippen LogP contribution in [-0.4, -0.2) is 32.0 Å². The summed E-state index contributed by atoms with van der Waals surface area (Å²) >= 11 is 0. The molecular weight excluding hydrogens is 454 g/mol. The summed E-state index contributed by atoms with van der Waals surface area (Å²) in [6, 6.07) is 5.27. The third-order valence-corrected chi connectivity index (χ3v) is 5.72. The van der Waals surface area contributed by atoms with Crippen molar-refractivity contribution in [2.75, 3.05) is 17.6 Å². The van der Waals surface area contributed by atoms with Crippen LogP contribution in [0.2, 0.25) is 0 Å². The van der Waals surface area contributed by atoms with E-state index in [-0.39, 0.29) is 22.2 Å². The van der Waals surface area contributed by atoms with Crippen LogP contribution in [0.3, 0.4) is 0 Å². The van der Waals surface area contributed by atoms with E-state index >= 15 is 0 Å². The van der Waals surface area contributed by atoms with E-state index in [4.69, 9.17) is 4.11 Å². The van der Waals surface area contributed by atoms with Gasteiger partial charge in [-0.05, 0) is 36.5 Å². The quantitative estimate of drug-likeness (QED) is 0.364. The van der Waals surface area contributed by atoms with Crippen LogP contribution in [0.5, 0.6) is 0 Å². The first kappa shape index (κ1) is 21.2. The number of carbonyl (C=O) groups is 1. The minimum absolute atomic E-state index is 0.00761. The fourth-order valence-corrected chi connectivity index (χ4v) is 4.23. The van der Waals surface area contributed by atoms with E-state index in [1.54, 1.807) is 29.1 Å². The summed E-state index contributed by atoms with van der Waals surface area (Å²) in [4.78, 5) is 35.2. The minimum Gasteiger partial charge on any atom is -0.355 e. The van der Waals surface area contributed by atoms with Gasteiger partial charge in [0.1, 0.15) is 11.6 Å². The maximum absolute atomic E-state index is 13.6. The Bertz CT molecular complexity index is 1600. The number of hydrogen-bond donors (Lipinski definition) is 3. The molecule has 0 saturated carbocycles. The average molecular weight is 491 g/mol. The summed E-state index contributed by atoms with van der Waals surface area (Å²) in [7, 11) is 1.85. The van der Waals surface area contributed by atoms with Gasteiger partial charge in [0.25, 0.3) is 11.5 Å². The highest BCUT2D eigenvalue weighted by atomic mass is 16.1. The molecular formula is C27H33N7O2. The molecule has 0 radical (unpaired) electrons. The van der Waals surface area contributed by atoms with E-state index in [1.165, 1.54) is 6.20 Å².